The number of nitrogens with zero attached hydrogens (tertiary/aromatic N) is 1. The molecule has 0 aliphatic carbocycles. The van der Waals surface area contributed by atoms with E-state index in [1.165, 1.54) is 0 Å². The van der Waals surface area contributed by atoms with Gasteiger partial charge in [0.2, 0.25) is 11.8 Å². The van der Waals surface area contributed by atoms with Gasteiger partial charge >= 0.3 is 5.97 Å². The first-order valence-electron chi connectivity index (χ1n) is 8.33. The molecule has 0 aromatic heterocycles. The summed E-state index contributed by atoms with van der Waals surface area (Å²) in [6.45, 7) is 4.04. The van der Waals surface area contributed by atoms with Crippen molar-refractivity contribution in [2.75, 3.05) is 12.3 Å². The van der Waals surface area contributed by atoms with Gasteiger partial charge in [-0.1, -0.05) is 13.8 Å². The van der Waals surface area contributed by atoms with Gasteiger partial charge in [0.15, 0.2) is 5.96 Å². The summed E-state index contributed by atoms with van der Waals surface area (Å²) in [4.78, 5) is 39.4. The van der Waals surface area contributed by atoms with E-state index in [0.717, 1.165) is 0 Å². The Kier molecular flexibility index (Phi) is 11.4. The molecule has 150 valence electrons. The molecule has 9 N–H and O–H groups in total. The first-order valence-corrected chi connectivity index (χ1v) is 8.97. The number of aliphatic imine (C=N–C) groups is 1. The van der Waals surface area contributed by atoms with Gasteiger partial charge in [-0.15, -0.1) is 0 Å². The van der Waals surface area contributed by atoms with Crippen molar-refractivity contribution in [1.29, 1.82) is 0 Å². The van der Waals surface area contributed by atoms with Crippen LogP contribution >= 0.6 is 12.6 Å². The summed E-state index contributed by atoms with van der Waals surface area (Å²) in [6.07, 6.45) is 1.10. The summed E-state index contributed by atoms with van der Waals surface area (Å²) in [6, 6.07) is -2.86. The topological polar surface area (TPSA) is 186 Å². The Hall–Kier alpha value is -2.01. The zero-order valence-electron chi connectivity index (χ0n) is 15.1. The number of thiol groups is 1. The molecule has 0 radical (unpaired) electrons. The van der Waals surface area contributed by atoms with Gasteiger partial charge in [-0.25, -0.2) is 4.79 Å². The first-order chi connectivity index (χ1) is 12.1. The normalized spacial score (nSPS) is 14.2. The molecule has 3 atom stereocenters. The number of carbonyl (C=O) groups excluding carboxylic acids is 2. The Morgan fingerprint density at radius 1 is 1.12 bits per heavy atom. The molecule has 0 saturated carbocycles. The van der Waals surface area contributed by atoms with Crippen LogP contribution in [0.3, 0.4) is 0 Å². The van der Waals surface area contributed by atoms with Crippen LogP contribution in [0.1, 0.15) is 33.1 Å². The lowest BCUT2D eigenvalue weighted by Crippen LogP contribution is -2.55. The van der Waals surface area contributed by atoms with Crippen molar-refractivity contribution in [1.82, 2.24) is 10.6 Å². The van der Waals surface area contributed by atoms with Gasteiger partial charge in [-0.2, -0.15) is 12.6 Å². The molecule has 3 unspecified atom stereocenters. The lowest BCUT2D eigenvalue weighted by atomic mass is 10.0. The number of carboxylic acids is 1. The van der Waals surface area contributed by atoms with Crippen molar-refractivity contribution in [2.45, 2.75) is 51.2 Å². The smallest absolute Gasteiger partial charge is 0.326 e. The molecule has 11 heteroatoms. The first kappa shape index (κ1) is 24.0. The van der Waals surface area contributed by atoms with Gasteiger partial charge in [0.1, 0.15) is 12.1 Å². The SMILES string of the molecule is CC(C)CC(NC(=O)C(CS)NC(=O)C(N)CCCN=C(N)N)C(=O)O. The predicted octanol–water partition coefficient (Wildman–Crippen LogP) is -1.60. The van der Waals surface area contributed by atoms with Gasteiger partial charge in [0.25, 0.3) is 0 Å². The highest BCUT2D eigenvalue weighted by atomic mass is 32.1. The second kappa shape index (κ2) is 12.4. The molecule has 26 heavy (non-hydrogen) atoms. The molecular weight excluding hydrogens is 360 g/mol. The largest absolute Gasteiger partial charge is 0.480 e. The fraction of sp³-hybridized carbons (Fsp3) is 0.733. The van der Waals surface area contributed by atoms with E-state index in [-0.39, 0.29) is 24.1 Å². The number of nitrogens with one attached hydrogen (secondary N) is 2. The van der Waals surface area contributed by atoms with E-state index in [4.69, 9.17) is 17.2 Å². The summed E-state index contributed by atoms with van der Waals surface area (Å²) in [5, 5.41) is 14.1. The number of rotatable bonds is 12. The van der Waals surface area contributed by atoms with Crippen molar-refractivity contribution >= 4 is 36.4 Å². The Morgan fingerprint density at radius 2 is 1.69 bits per heavy atom. The number of hydrogen-bond donors (Lipinski definition) is 7. The quantitative estimate of drug-likeness (QED) is 0.0904. The van der Waals surface area contributed by atoms with Crippen molar-refractivity contribution in [3.8, 4) is 0 Å². The van der Waals surface area contributed by atoms with Gasteiger partial charge < -0.3 is 32.9 Å². The number of amides is 2. The van der Waals surface area contributed by atoms with Crippen LogP contribution in [0.4, 0.5) is 0 Å². The third-order valence-electron chi connectivity index (χ3n) is 3.44. The van der Waals surface area contributed by atoms with Crippen molar-refractivity contribution in [3.63, 3.8) is 0 Å². The standard InChI is InChI=1S/C15H30N6O4S/c1-8(2)6-10(14(24)25)20-13(23)11(7-26)21-12(22)9(16)4-3-5-19-15(17)18/h8-11,26H,3-7,16H2,1-2H3,(H,20,23)(H,21,22)(H,24,25)(H4,17,18,19). The number of carbonyl (C=O) groups is 3. The van der Waals surface area contributed by atoms with Gasteiger partial charge in [-0.05, 0) is 25.2 Å². The maximum Gasteiger partial charge on any atom is 0.326 e. The molecule has 0 spiro atoms. The number of aliphatic carboxylic acids is 1. The summed E-state index contributed by atoms with van der Waals surface area (Å²) >= 11 is 4.04. The van der Waals surface area contributed by atoms with Gasteiger partial charge in [0, 0.05) is 12.3 Å². The van der Waals surface area contributed by atoms with E-state index in [9.17, 15) is 19.5 Å². The Morgan fingerprint density at radius 3 is 2.15 bits per heavy atom. The van der Waals surface area contributed by atoms with Gasteiger partial charge in [0.05, 0.1) is 6.04 Å². The molecule has 0 aliphatic heterocycles. The van der Waals surface area contributed by atoms with Crippen molar-refractivity contribution in [2.24, 2.45) is 28.1 Å². The fourth-order valence-electron chi connectivity index (χ4n) is 2.09. The summed E-state index contributed by atoms with van der Waals surface area (Å²) in [7, 11) is 0. The van der Waals surface area contributed by atoms with E-state index in [2.05, 4.69) is 28.3 Å². The highest BCUT2D eigenvalue weighted by Gasteiger charge is 2.27. The molecule has 2 amide bonds. The highest BCUT2D eigenvalue weighted by molar-refractivity contribution is 7.80. The van der Waals surface area contributed by atoms with Crippen LogP contribution in [0.2, 0.25) is 0 Å². The second-order valence-electron chi connectivity index (χ2n) is 6.33. The summed E-state index contributed by atoms with van der Waals surface area (Å²) in [5.41, 5.74) is 16.2. The van der Waals surface area contributed by atoms with E-state index < -0.39 is 35.9 Å². The average Bonchev–Trinajstić information content (AvgIpc) is 2.54. The fourth-order valence-corrected chi connectivity index (χ4v) is 2.35. The Balaban J connectivity index is 4.61. The van der Waals surface area contributed by atoms with Crippen molar-refractivity contribution < 1.29 is 19.5 Å². The Labute approximate surface area is 158 Å². The summed E-state index contributed by atoms with van der Waals surface area (Å²) < 4.78 is 0. The summed E-state index contributed by atoms with van der Waals surface area (Å²) in [5.74, 6) is -2.23. The van der Waals surface area contributed by atoms with E-state index >= 15 is 0 Å². The molecule has 0 aromatic carbocycles. The van der Waals surface area contributed by atoms with E-state index in [1.807, 2.05) is 13.8 Å². The number of guanidine groups is 1. The van der Waals surface area contributed by atoms with Crippen LogP contribution in [-0.2, 0) is 14.4 Å². The minimum absolute atomic E-state index is 0.00626. The van der Waals surface area contributed by atoms with Crippen molar-refractivity contribution in [3.05, 3.63) is 0 Å². The molecule has 0 fully saturated rings. The minimum Gasteiger partial charge on any atom is -0.480 e. The van der Waals surface area contributed by atoms with Gasteiger partial charge in [-0.3, -0.25) is 14.6 Å². The highest BCUT2D eigenvalue weighted by Crippen LogP contribution is 2.06. The van der Waals surface area contributed by atoms with Crippen LogP contribution in [0.25, 0.3) is 0 Å². The van der Waals surface area contributed by atoms with Crippen LogP contribution in [0.5, 0.6) is 0 Å². The molecular formula is C15H30N6O4S. The third kappa shape index (κ3) is 10.1. The average molecular weight is 391 g/mol. The maximum atomic E-state index is 12.2. The Bertz CT molecular complexity index is 510. The maximum absolute atomic E-state index is 12.2. The molecule has 0 rings (SSSR count). The monoisotopic (exact) mass is 390 g/mol. The number of carboxylic acid groups (broad SMARTS) is 1. The predicted molar refractivity (Wildman–Crippen MR) is 103 cm³/mol. The van der Waals surface area contributed by atoms with E-state index in [1.54, 1.807) is 0 Å². The molecule has 10 nitrogen and oxygen atoms in total. The molecule has 0 aromatic rings. The molecule has 0 heterocycles. The molecule has 0 saturated heterocycles. The lowest BCUT2D eigenvalue weighted by molar-refractivity contribution is -0.142. The van der Waals surface area contributed by atoms with Crippen LogP contribution in [-0.4, -0.2) is 59.3 Å². The molecule has 0 aliphatic rings. The van der Waals surface area contributed by atoms with Crippen LogP contribution in [0, 0.1) is 5.92 Å². The van der Waals surface area contributed by atoms with Crippen LogP contribution < -0.4 is 27.8 Å². The lowest BCUT2D eigenvalue weighted by Gasteiger charge is -2.22. The molecule has 0 bridgehead atoms. The number of nitrogens with two attached hydrogens (primary N) is 3. The number of hydrogen-bond acceptors (Lipinski definition) is 6. The van der Waals surface area contributed by atoms with Crippen LogP contribution in [0.15, 0.2) is 4.99 Å². The minimum atomic E-state index is -1.13. The van der Waals surface area contributed by atoms with E-state index in [0.29, 0.717) is 19.4 Å². The second-order valence-corrected chi connectivity index (χ2v) is 6.69. The third-order valence-corrected chi connectivity index (χ3v) is 3.81. The zero-order valence-corrected chi connectivity index (χ0v) is 16.0. The zero-order chi connectivity index (χ0) is 20.3.